The van der Waals surface area contributed by atoms with E-state index >= 15 is 0 Å². The first-order chi connectivity index (χ1) is 9.47. The highest BCUT2D eigenvalue weighted by Gasteiger charge is 2.21. The van der Waals surface area contributed by atoms with E-state index in [1.54, 1.807) is 31.1 Å². The van der Waals surface area contributed by atoms with E-state index in [4.69, 9.17) is 6.42 Å². The van der Waals surface area contributed by atoms with Crippen LogP contribution in [0.1, 0.15) is 15.9 Å². The number of ketones is 1. The van der Waals surface area contributed by atoms with Crippen LogP contribution in [0.15, 0.2) is 36.0 Å². The second-order valence-corrected chi connectivity index (χ2v) is 4.54. The molecule has 1 rings (SSSR count). The molecule has 4 heteroatoms. The molecule has 4 nitrogen and oxygen atoms in total. The maximum atomic E-state index is 12.5. The number of hydrogen-bond donors (Lipinski definition) is 1. The van der Waals surface area contributed by atoms with Crippen molar-refractivity contribution in [3.05, 3.63) is 47.2 Å². The van der Waals surface area contributed by atoms with Gasteiger partial charge in [0.25, 0.3) is 5.91 Å². The molecule has 0 aliphatic carbocycles. The number of nitrogens with zero attached hydrogens (tertiary/aromatic N) is 1. The molecule has 1 aromatic rings. The van der Waals surface area contributed by atoms with E-state index in [0.717, 1.165) is 5.56 Å². The number of nitrogens with one attached hydrogen (secondary N) is 1. The van der Waals surface area contributed by atoms with Gasteiger partial charge in [-0.05, 0) is 12.5 Å². The summed E-state index contributed by atoms with van der Waals surface area (Å²) in [5.41, 5.74) is 1.41. The molecule has 1 aromatic carbocycles. The summed E-state index contributed by atoms with van der Waals surface area (Å²) in [4.78, 5) is 26.2. The van der Waals surface area contributed by atoms with Crippen molar-refractivity contribution in [3.8, 4) is 12.3 Å². The van der Waals surface area contributed by atoms with Gasteiger partial charge in [0.15, 0.2) is 5.78 Å². The molecule has 0 aromatic heterocycles. The van der Waals surface area contributed by atoms with Gasteiger partial charge in [-0.2, -0.15) is 0 Å². The topological polar surface area (TPSA) is 49.4 Å². The van der Waals surface area contributed by atoms with Crippen molar-refractivity contribution >= 4 is 11.7 Å². The summed E-state index contributed by atoms with van der Waals surface area (Å²) in [5, 5.41) is 2.52. The average Bonchev–Trinajstić information content (AvgIpc) is 2.41. The lowest BCUT2D eigenvalue weighted by Gasteiger charge is -2.12. The van der Waals surface area contributed by atoms with Gasteiger partial charge in [0.05, 0.1) is 6.54 Å². The third kappa shape index (κ3) is 3.99. The monoisotopic (exact) mass is 270 g/mol. The van der Waals surface area contributed by atoms with Gasteiger partial charge in [0.1, 0.15) is 5.57 Å². The molecule has 0 unspecified atom stereocenters. The molecule has 0 bridgehead atoms. The Labute approximate surface area is 119 Å². The highest BCUT2D eigenvalue weighted by molar-refractivity contribution is 6.26. The Bertz CT molecular complexity index is 580. The maximum absolute atomic E-state index is 12.5. The molecule has 0 spiro atoms. The number of terminal acetylenes is 1. The molecule has 0 saturated heterocycles. The van der Waals surface area contributed by atoms with E-state index in [0.29, 0.717) is 5.56 Å². The minimum absolute atomic E-state index is 0.0690. The Kier molecular flexibility index (Phi) is 5.55. The number of carbonyl (C=O) groups excluding carboxylic acids is 2. The van der Waals surface area contributed by atoms with Gasteiger partial charge in [0, 0.05) is 25.9 Å². The van der Waals surface area contributed by atoms with Crippen LogP contribution in [0.4, 0.5) is 0 Å². The smallest absolute Gasteiger partial charge is 0.257 e. The molecule has 0 fully saturated rings. The summed E-state index contributed by atoms with van der Waals surface area (Å²) in [6.07, 6.45) is 6.61. The first kappa shape index (κ1) is 15.5. The molecule has 1 amide bonds. The molecule has 0 heterocycles. The molecule has 20 heavy (non-hydrogen) atoms. The van der Waals surface area contributed by atoms with Crippen LogP contribution in [0.3, 0.4) is 0 Å². The van der Waals surface area contributed by atoms with Crippen molar-refractivity contribution in [2.45, 2.75) is 6.92 Å². The third-order valence-corrected chi connectivity index (χ3v) is 2.62. The van der Waals surface area contributed by atoms with E-state index in [2.05, 4.69) is 11.2 Å². The summed E-state index contributed by atoms with van der Waals surface area (Å²) in [6, 6.07) is 7.15. The van der Waals surface area contributed by atoms with Crippen molar-refractivity contribution in [3.63, 3.8) is 0 Å². The summed E-state index contributed by atoms with van der Waals surface area (Å²) in [5.74, 6) is 1.53. The fraction of sp³-hybridized carbons (Fsp3) is 0.250. The number of hydrogen-bond acceptors (Lipinski definition) is 3. The lowest BCUT2D eigenvalue weighted by molar-refractivity contribution is -0.117. The van der Waals surface area contributed by atoms with Crippen molar-refractivity contribution < 1.29 is 9.59 Å². The summed E-state index contributed by atoms with van der Waals surface area (Å²) >= 11 is 0. The quantitative estimate of drug-likeness (QED) is 0.289. The molecular formula is C16H18N2O2. The Balaban J connectivity index is 3.13. The maximum Gasteiger partial charge on any atom is 0.257 e. The summed E-state index contributed by atoms with van der Waals surface area (Å²) < 4.78 is 0. The third-order valence-electron chi connectivity index (χ3n) is 2.62. The Morgan fingerprint density at radius 1 is 1.35 bits per heavy atom. The zero-order valence-electron chi connectivity index (χ0n) is 11.9. The lowest BCUT2D eigenvalue weighted by Crippen LogP contribution is -2.30. The van der Waals surface area contributed by atoms with Crippen LogP contribution in [0.5, 0.6) is 0 Å². The molecule has 1 N–H and O–H groups in total. The van der Waals surface area contributed by atoms with Gasteiger partial charge in [-0.25, -0.2) is 0 Å². The average molecular weight is 270 g/mol. The predicted molar refractivity (Wildman–Crippen MR) is 79.1 cm³/mol. The number of rotatable bonds is 5. The van der Waals surface area contributed by atoms with Gasteiger partial charge >= 0.3 is 0 Å². The van der Waals surface area contributed by atoms with Crippen molar-refractivity contribution in [2.24, 2.45) is 0 Å². The number of aryl methyl sites for hydroxylation is 1. The van der Waals surface area contributed by atoms with Gasteiger partial charge in [-0.15, -0.1) is 6.42 Å². The number of benzene rings is 1. The van der Waals surface area contributed by atoms with E-state index < -0.39 is 5.91 Å². The SMILES string of the molecule is C#CCNC(=O)/C(=C/N(C)C)C(=O)c1ccccc1C. The van der Waals surface area contributed by atoms with E-state index in [-0.39, 0.29) is 17.9 Å². The zero-order valence-corrected chi connectivity index (χ0v) is 11.9. The van der Waals surface area contributed by atoms with Crippen molar-refractivity contribution in [1.29, 1.82) is 0 Å². The van der Waals surface area contributed by atoms with Gasteiger partial charge in [0.2, 0.25) is 0 Å². The minimum atomic E-state index is -0.468. The summed E-state index contributed by atoms with van der Waals surface area (Å²) in [6.45, 7) is 1.92. The largest absolute Gasteiger partial charge is 0.383 e. The minimum Gasteiger partial charge on any atom is -0.383 e. The Morgan fingerprint density at radius 2 is 2.00 bits per heavy atom. The number of amides is 1. The van der Waals surface area contributed by atoms with Crippen LogP contribution in [-0.2, 0) is 4.79 Å². The van der Waals surface area contributed by atoms with Crippen molar-refractivity contribution in [2.75, 3.05) is 20.6 Å². The number of carbonyl (C=O) groups is 2. The van der Waals surface area contributed by atoms with Gasteiger partial charge < -0.3 is 10.2 Å². The zero-order chi connectivity index (χ0) is 15.1. The second kappa shape index (κ2) is 7.15. The highest BCUT2D eigenvalue weighted by Crippen LogP contribution is 2.13. The Hall–Kier alpha value is -2.54. The fourth-order valence-corrected chi connectivity index (χ4v) is 1.68. The standard InChI is InChI=1S/C16H18N2O2/c1-5-10-17-16(20)14(11-18(3)4)15(19)13-9-7-6-8-12(13)2/h1,6-9,11H,10H2,2-4H3,(H,17,20)/b14-11+. The molecule has 0 saturated carbocycles. The molecular weight excluding hydrogens is 252 g/mol. The van der Waals surface area contributed by atoms with Crippen LogP contribution in [0.2, 0.25) is 0 Å². The molecule has 104 valence electrons. The van der Waals surface area contributed by atoms with Crippen LogP contribution < -0.4 is 5.32 Å². The predicted octanol–water partition coefficient (Wildman–Crippen LogP) is 1.37. The second-order valence-electron chi connectivity index (χ2n) is 4.54. The lowest BCUT2D eigenvalue weighted by atomic mass is 9.99. The van der Waals surface area contributed by atoms with Crippen LogP contribution in [0.25, 0.3) is 0 Å². The fourth-order valence-electron chi connectivity index (χ4n) is 1.68. The van der Waals surface area contributed by atoms with Gasteiger partial charge in [-0.1, -0.05) is 30.2 Å². The highest BCUT2D eigenvalue weighted by atomic mass is 16.2. The van der Waals surface area contributed by atoms with Gasteiger partial charge in [-0.3, -0.25) is 9.59 Å². The van der Waals surface area contributed by atoms with Crippen LogP contribution in [-0.4, -0.2) is 37.2 Å². The first-order valence-electron chi connectivity index (χ1n) is 6.17. The van der Waals surface area contributed by atoms with Crippen LogP contribution >= 0.6 is 0 Å². The number of Topliss-reactive ketones (excluding diaryl/α,β-unsaturated/α-hetero) is 1. The molecule has 0 atom stereocenters. The molecule has 0 aliphatic heterocycles. The first-order valence-corrected chi connectivity index (χ1v) is 6.17. The van der Waals surface area contributed by atoms with Crippen molar-refractivity contribution in [1.82, 2.24) is 10.2 Å². The summed E-state index contributed by atoms with van der Waals surface area (Å²) in [7, 11) is 3.50. The van der Waals surface area contributed by atoms with E-state index in [1.807, 2.05) is 19.1 Å². The molecule has 0 aliphatic rings. The normalized spacial score (nSPS) is 10.6. The van der Waals surface area contributed by atoms with Crippen LogP contribution in [0, 0.1) is 19.3 Å². The van der Waals surface area contributed by atoms with E-state index in [1.165, 1.54) is 6.20 Å². The van der Waals surface area contributed by atoms with E-state index in [9.17, 15) is 9.59 Å². The molecule has 0 radical (unpaired) electrons. The Morgan fingerprint density at radius 3 is 2.55 bits per heavy atom.